The Labute approximate surface area is 188 Å². The van der Waals surface area contributed by atoms with Crippen LogP contribution in [0.5, 0.6) is 0 Å². The first-order valence-corrected chi connectivity index (χ1v) is 10.2. The largest absolute Gasteiger partial charge is 0.357 e. The minimum absolute atomic E-state index is 0. The van der Waals surface area contributed by atoms with E-state index in [2.05, 4.69) is 32.9 Å². The number of anilines is 1. The number of halogens is 1. The summed E-state index contributed by atoms with van der Waals surface area (Å²) in [5.41, 5.74) is 2.94. The predicted molar refractivity (Wildman–Crippen MR) is 129 cm³/mol. The molecule has 0 atom stereocenters. The predicted octanol–water partition coefficient (Wildman–Crippen LogP) is 4.37. The second kappa shape index (κ2) is 12.7. The first kappa shape index (κ1) is 24.4. The number of rotatable bonds is 8. The highest BCUT2D eigenvalue weighted by molar-refractivity contribution is 14.0. The van der Waals surface area contributed by atoms with Gasteiger partial charge in [0.25, 0.3) is 0 Å². The molecular formula is C20H30IN5OS. The van der Waals surface area contributed by atoms with E-state index < -0.39 is 0 Å². The zero-order valence-corrected chi connectivity index (χ0v) is 20.1. The van der Waals surface area contributed by atoms with Gasteiger partial charge in [-0.1, -0.05) is 19.1 Å². The lowest BCUT2D eigenvalue weighted by Gasteiger charge is -2.10. The molecule has 0 aliphatic heterocycles. The highest BCUT2D eigenvalue weighted by Crippen LogP contribution is 2.16. The van der Waals surface area contributed by atoms with Gasteiger partial charge < -0.3 is 16.0 Å². The number of benzene rings is 1. The highest BCUT2D eigenvalue weighted by Gasteiger charge is 2.05. The summed E-state index contributed by atoms with van der Waals surface area (Å²) in [5, 5.41) is 10.6. The molecule has 1 aromatic carbocycles. The Morgan fingerprint density at radius 3 is 2.64 bits per heavy atom. The molecule has 2 aromatic rings. The van der Waals surface area contributed by atoms with Crippen LogP contribution in [0.15, 0.2) is 29.3 Å². The van der Waals surface area contributed by atoms with E-state index in [1.165, 1.54) is 4.88 Å². The van der Waals surface area contributed by atoms with E-state index >= 15 is 0 Å². The normalized spacial score (nSPS) is 10.9. The van der Waals surface area contributed by atoms with Gasteiger partial charge in [0.2, 0.25) is 5.91 Å². The van der Waals surface area contributed by atoms with Crippen LogP contribution in [0.4, 0.5) is 5.69 Å². The minimum Gasteiger partial charge on any atom is -0.357 e. The van der Waals surface area contributed by atoms with Gasteiger partial charge in [-0.3, -0.25) is 4.79 Å². The number of aliphatic imine (C=N–C) groups is 1. The Kier molecular flexibility index (Phi) is 11.1. The third kappa shape index (κ3) is 8.14. The summed E-state index contributed by atoms with van der Waals surface area (Å²) in [5.74, 6) is 0.797. The molecule has 0 aliphatic carbocycles. The van der Waals surface area contributed by atoms with Crippen molar-refractivity contribution in [3.63, 3.8) is 0 Å². The summed E-state index contributed by atoms with van der Waals surface area (Å²) >= 11 is 1.70. The van der Waals surface area contributed by atoms with Crippen LogP contribution >= 0.6 is 35.3 Å². The van der Waals surface area contributed by atoms with Crippen LogP contribution < -0.4 is 16.0 Å². The van der Waals surface area contributed by atoms with Gasteiger partial charge in [-0.2, -0.15) is 0 Å². The van der Waals surface area contributed by atoms with Crippen LogP contribution in [0.1, 0.15) is 47.8 Å². The van der Waals surface area contributed by atoms with Crippen molar-refractivity contribution in [2.45, 2.75) is 53.6 Å². The van der Waals surface area contributed by atoms with Crippen molar-refractivity contribution >= 4 is 52.9 Å². The number of guanidine groups is 1. The minimum atomic E-state index is 0. The van der Waals surface area contributed by atoms with Crippen LogP contribution in [0.3, 0.4) is 0 Å². The average molecular weight is 515 g/mol. The van der Waals surface area contributed by atoms with E-state index in [4.69, 9.17) is 0 Å². The lowest BCUT2D eigenvalue weighted by Crippen LogP contribution is -2.36. The maximum Gasteiger partial charge on any atom is 0.224 e. The maximum atomic E-state index is 11.8. The molecule has 0 unspecified atom stereocenters. The van der Waals surface area contributed by atoms with Gasteiger partial charge in [-0.05, 0) is 44.9 Å². The summed E-state index contributed by atoms with van der Waals surface area (Å²) < 4.78 is 0. The van der Waals surface area contributed by atoms with Gasteiger partial charge in [0, 0.05) is 23.5 Å². The molecule has 1 heterocycles. The lowest BCUT2D eigenvalue weighted by molar-refractivity contribution is -0.116. The van der Waals surface area contributed by atoms with Crippen LogP contribution in [-0.2, 0) is 17.9 Å². The molecule has 8 heteroatoms. The van der Waals surface area contributed by atoms with Crippen LogP contribution in [0.25, 0.3) is 0 Å². The van der Waals surface area contributed by atoms with Gasteiger partial charge in [-0.15, -0.1) is 35.3 Å². The number of carbonyl (C=O) groups excluding carboxylic acids is 1. The highest BCUT2D eigenvalue weighted by atomic mass is 127. The molecule has 0 spiro atoms. The monoisotopic (exact) mass is 515 g/mol. The second-order valence-electron chi connectivity index (χ2n) is 6.30. The fourth-order valence-electron chi connectivity index (χ4n) is 2.48. The fourth-order valence-corrected chi connectivity index (χ4v) is 3.36. The van der Waals surface area contributed by atoms with E-state index in [0.29, 0.717) is 19.5 Å². The van der Waals surface area contributed by atoms with Crippen molar-refractivity contribution in [1.29, 1.82) is 0 Å². The number of aryl methyl sites for hydroxylation is 2. The molecule has 0 aliphatic rings. The number of hydrogen-bond donors (Lipinski definition) is 3. The number of carbonyl (C=O) groups is 1. The van der Waals surface area contributed by atoms with E-state index in [1.807, 2.05) is 45.0 Å². The van der Waals surface area contributed by atoms with E-state index in [-0.39, 0.29) is 29.9 Å². The number of thiazole rings is 1. The zero-order valence-electron chi connectivity index (χ0n) is 17.0. The number of hydrogen-bond acceptors (Lipinski definition) is 4. The maximum absolute atomic E-state index is 11.8. The smallest absolute Gasteiger partial charge is 0.224 e. The van der Waals surface area contributed by atoms with Crippen molar-refractivity contribution in [3.8, 4) is 0 Å². The Hall–Kier alpha value is -1.68. The molecule has 0 saturated heterocycles. The molecule has 3 N–H and O–H groups in total. The summed E-state index contributed by atoms with van der Waals surface area (Å²) in [6.45, 7) is 10.1. The Morgan fingerprint density at radius 1 is 1.21 bits per heavy atom. The first-order chi connectivity index (χ1) is 13.0. The van der Waals surface area contributed by atoms with Crippen LogP contribution in [0.2, 0.25) is 0 Å². The van der Waals surface area contributed by atoms with Crippen molar-refractivity contribution in [2.75, 3.05) is 11.9 Å². The Balaban J connectivity index is 0.00000392. The van der Waals surface area contributed by atoms with E-state index in [9.17, 15) is 4.79 Å². The second-order valence-corrected chi connectivity index (χ2v) is 7.58. The van der Waals surface area contributed by atoms with Crippen molar-refractivity contribution < 1.29 is 4.79 Å². The summed E-state index contributed by atoms with van der Waals surface area (Å²) in [6.07, 6.45) is 1.37. The lowest BCUT2D eigenvalue weighted by atomic mass is 10.2. The van der Waals surface area contributed by atoms with Crippen molar-refractivity contribution in [3.05, 3.63) is 45.4 Å². The first-order valence-electron chi connectivity index (χ1n) is 9.35. The number of nitrogens with zero attached hydrogens (tertiary/aromatic N) is 2. The average Bonchev–Trinajstić information content (AvgIpc) is 2.96. The molecule has 0 saturated carbocycles. The molecule has 1 aromatic heterocycles. The fraction of sp³-hybridized carbons (Fsp3) is 0.450. The molecule has 1 amide bonds. The Bertz CT molecular complexity index is 771. The van der Waals surface area contributed by atoms with Gasteiger partial charge in [-0.25, -0.2) is 9.98 Å². The SMILES string of the molecule is CCCC(=O)Nc1cccc(CN=C(NCC)NCc2nc(C)c(C)s2)c1.I. The molecule has 2 rings (SSSR count). The van der Waals surface area contributed by atoms with E-state index in [0.717, 1.165) is 40.9 Å². The number of nitrogens with one attached hydrogen (secondary N) is 3. The summed E-state index contributed by atoms with van der Waals surface area (Å²) in [7, 11) is 0. The number of aromatic nitrogens is 1. The third-order valence-electron chi connectivity index (χ3n) is 3.93. The molecule has 0 radical (unpaired) electrons. The third-order valence-corrected chi connectivity index (χ3v) is 5.00. The van der Waals surface area contributed by atoms with Gasteiger partial charge >= 0.3 is 0 Å². The van der Waals surface area contributed by atoms with Gasteiger partial charge in [0.15, 0.2) is 5.96 Å². The van der Waals surface area contributed by atoms with Crippen LogP contribution in [0, 0.1) is 13.8 Å². The topological polar surface area (TPSA) is 78.4 Å². The molecule has 0 bridgehead atoms. The molecular weight excluding hydrogens is 485 g/mol. The quantitative estimate of drug-likeness (QED) is 0.277. The van der Waals surface area contributed by atoms with Crippen molar-refractivity contribution in [2.24, 2.45) is 4.99 Å². The summed E-state index contributed by atoms with van der Waals surface area (Å²) in [4.78, 5) is 22.2. The number of amides is 1. The zero-order chi connectivity index (χ0) is 19.6. The summed E-state index contributed by atoms with van der Waals surface area (Å²) in [6, 6.07) is 7.81. The molecule has 154 valence electrons. The Morgan fingerprint density at radius 2 is 2.00 bits per heavy atom. The van der Waals surface area contributed by atoms with E-state index in [1.54, 1.807) is 11.3 Å². The van der Waals surface area contributed by atoms with Crippen LogP contribution in [-0.4, -0.2) is 23.4 Å². The van der Waals surface area contributed by atoms with Gasteiger partial charge in [0.1, 0.15) is 5.01 Å². The van der Waals surface area contributed by atoms with Crippen molar-refractivity contribution in [1.82, 2.24) is 15.6 Å². The van der Waals surface area contributed by atoms with Gasteiger partial charge in [0.05, 0.1) is 18.8 Å². The molecule has 28 heavy (non-hydrogen) atoms. The molecule has 0 fully saturated rings. The molecule has 6 nitrogen and oxygen atoms in total. The standard InChI is InChI=1S/C20H29N5OS.HI/c1-5-8-18(26)25-17-10-7-9-16(11-17)12-22-20(21-6-2)23-13-19-24-14(3)15(4)27-19;/h7,9-11H,5-6,8,12-13H2,1-4H3,(H,25,26)(H2,21,22,23);1H.